The number of nitrogens with zero attached hydrogens (tertiary/aromatic N) is 2. The number of thioether (sulfide) groups is 1. The molecule has 4 aromatic rings. The molecule has 0 amide bonds. The molecule has 0 aliphatic rings. The predicted molar refractivity (Wildman–Crippen MR) is 120 cm³/mol. The van der Waals surface area contributed by atoms with Gasteiger partial charge >= 0.3 is 5.97 Å². The van der Waals surface area contributed by atoms with Gasteiger partial charge in [-0.15, -0.1) is 0 Å². The number of esters is 1. The van der Waals surface area contributed by atoms with E-state index < -0.39 is 0 Å². The van der Waals surface area contributed by atoms with Crippen molar-refractivity contribution in [1.29, 1.82) is 0 Å². The maximum absolute atomic E-state index is 12.3. The van der Waals surface area contributed by atoms with Gasteiger partial charge in [0.2, 0.25) is 0 Å². The molecule has 0 fully saturated rings. The molecule has 0 N–H and O–H groups in total. The van der Waals surface area contributed by atoms with Crippen LogP contribution in [0.3, 0.4) is 0 Å². The first-order valence-electron chi connectivity index (χ1n) is 8.98. The lowest BCUT2D eigenvalue weighted by Crippen LogP contribution is -2.11. The van der Waals surface area contributed by atoms with Gasteiger partial charge in [-0.2, -0.15) is 0 Å². The minimum absolute atomic E-state index is 0.161. The number of rotatable bonds is 6. The van der Waals surface area contributed by atoms with Gasteiger partial charge in [0.25, 0.3) is 0 Å². The highest BCUT2D eigenvalue weighted by Gasteiger charge is 2.14. The fourth-order valence-corrected chi connectivity index (χ4v) is 3.80. The van der Waals surface area contributed by atoms with Gasteiger partial charge in [0.1, 0.15) is 5.75 Å². The van der Waals surface area contributed by atoms with Crippen LogP contribution >= 0.6 is 27.7 Å². The van der Waals surface area contributed by atoms with Crippen molar-refractivity contribution in [1.82, 2.24) is 9.55 Å². The van der Waals surface area contributed by atoms with E-state index in [1.807, 2.05) is 83.6 Å². The Morgan fingerprint density at radius 2 is 1.59 bits per heavy atom. The molecule has 4 rings (SSSR count). The van der Waals surface area contributed by atoms with Crippen LogP contribution in [0, 0.1) is 0 Å². The predicted octanol–water partition coefficient (Wildman–Crippen LogP) is 6.00. The number of hydrogen-bond acceptors (Lipinski definition) is 4. The zero-order chi connectivity index (χ0) is 20.1. The van der Waals surface area contributed by atoms with E-state index in [4.69, 9.17) is 9.72 Å². The highest BCUT2D eigenvalue weighted by Crippen LogP contribution is 2.27. The van der Waals surface area contributed by atoms with Gasteiger partial charge in [-0.1, -0.05) is 76.2 Å². The first kappa shape index (κ1) is 19.5. The van der Waals surface area contributed by atoms with Gasteiger partial charge in [-0.3, -0.25) is 9.36 Å². The molecule has 144 valence electrons. The van der Waals surface area contributed by atoms with Gasteiger partial charge in [0.05, 0.1) is 11.4 Å². The molecule has 0 unspecified atom stereocenters. The summed E-state index contributed by atoms with van der Waals surface area (Å²) in [5, 5.41) is 0.739. The number of halogens is 1. The summed E-state index contributed by atoms with van der Waals surface area (Å²) in [4.78, 5) is 17.1. The zero-order valence-corrected chi connectivity index (χ0v) is 17.8. The summed E-state index contributed by atoms with van der Waals surface area (Å²) in [7, 11) is 0. The topological polar surface area (TPSA) is 44.1 Å². The Bertz CT molecular complexity index is 1100. The molecule has 1 aromatic heterocycles. The summed E-state index contributed by atoms with van der Waals surface area (Å²) in [5.41, 5.74) is 2.88. The van der Waals surface area contributed by atoms with Crippen molar-refractivity contribution in [3.05, 3.63) is 95.6 Å². The van der Waals surface area contributed by atoms with Gasteiger partial charge in [-0.05, 0) is 36.4 Å². The number of benzene rings is 3. The number of carbonyl (C=O) groups is 1. The molecule has 6 heteroatoms. The molecular formula is C23H17BrN2O2S. The van der Waals surface area contributed by atoms with Gasteiger partial charge in [0.15, 0.2) is 5.16 Å². The number of aromatic nitrogens is 2. The minimum atomic E-state index is -0.318. The third kappa shape index (κ3) is 4.96. The summed E-state index contributed by atoms with van der Waals surface area (Å²) < 4.78 is 8.35. The highest BCUT2D eigenvalue weighted by molar-refractivity contribution is 9.10. The molecule has 1 heterocycles. The Labute approximate surface area is 181 Å². The van der Waals surface area contributed by atoms with E-state index in [0.717, 1.165) is 26.6 Å². The monoisotopic (exact) mass is 464 g/mol. The number of carbonyl (C=O) groups excluding carboxylic acids is 1. The fraction of sp³-hybridized carbons (Fsp3) is 0.0435. The van der Waals surface area contributed by atoms with Crippen LogP contribution in [0.2, 0.25) is 0 Å². The second-order valence-corrected chi connectivity index (χ2v) is 8.06. The Kier molecular flexibility index (Phi) is 6.12. The van der Waals surface area contributed by atoms with Crippen molar-refractivity contribution in [2.45, 2.75) is 5.16 Å². The highest BCUT2D eigenvalue weighted by atomic mass is 79.9. The third-order valence-corrected chi connectivity index (χ3v) is 5.60. The minimum Gasteiger partial charge on any atom is -0.426 e. The lowest BCUT2D eigenvalue weighted by Gasteiger charge is -2.07. The lowest BCUT2D eigenvalue weighted by molar-refractivity contribution is -0.131. The molecule has 0 atom stereocenters. The first-order valence-corrected chi connectivity index (χ1v) is 10.8. The molecule has 0 radical (unpaired) electrons. The van der Waals surface area contributed by atoms with Gasteiger partial charge in [-0.25, -0.2) is 4.98 Å². The van der Waals surface area contributed by atoms with Crippen LogP contribution in [0.1, 0.15) is 0 Å². The smallest absolute Gasteiger partial charge is 0.321 e. The third-order valence-electron chi connectivity index (χ3n) is 4.14. The Balaban J connectivity index is 1.54. The molecule has 0 aliphatic carbocycles. The van der Waals surface area contributed by atoms with E-state index in [2.05, 4.69) is 15.9 Å². The van der Waals surface area contributed by atoms with Crippen LogP contribution in [0.15, 0.2) is 101 Å². The zero-order valence-electron chi connectivity index (χ0n) is 15.4. The van der Waals surface area contributed by atoms with Crippen LogP contribution in [0.5, 0.6) is 5.75 Å². The summed E-state index contributed by atoms with van der Waals surface area (Å²) >= 11 is 4.72. The number of para-hydroxylation sites is 1. The maximum atomic E-state index is 12.3. The summed E-state index contributed by atoms with van der Waals surface area (Å²) in [6.45, 7) is 0. The van der Waals surface area contributed by atoms with Crippen molar-refractivity contribution in [3.8, 4) is 22.7 Å². The first-order chi connectivity index (χ1) is 14.2. The molecule has 0 saturated heterocycles. The van der Waals surface area contributed by atoms with E-state index >= 15 is 0 Å². The van der Waals surface area contributed by atoms with E-state index in [-0.39, 0.29) is 11.7 Å². The van der Waals surface area contributed by atoms with Gasteiger partial charge in [0, 0.05) is 21.9 Å². The molecule has 0 bridgehead atoms. The van der Waals surface area contributed by atoms with E-state index in [1.54, 1.807) is 12.1 Å². The van der Waals surface area contributed by atoms with Crippen LogP contribution in [-0.2, 0) is 4.79 Å². The fourth-order valence-electron chi connectivity index (χ4n) is 2.77. The number of ether oxygens (including phenoxy) is 1. The van der Waals surface area contributed by atoms with E-state index in [1.165, 1.54) is 11.8 Å². The average molecular weight is 465 g/mol. The second kappa shape index (κ2) is 9.11. The van der Waals surface area contributed by atoms with Gasteiger partial charge < -0.3 is 4.74 Å². The Morgan fingerprint density at radius 1 is 0.931 bits per heavy atom. The molecular weight excluding hydrogens is 448 g/mol. The Hall–Kier alpha value is -2.83. The second-order valence-electron chi connectivity index (χ2n) is 6.20. The largest absolute Gasteiger partial charge is 0.426 e. The van der Waals surface area contributed by atoms with Crippen molar-refractivity contribution in [2.24, 2.45) is 0 Å². The van der Waals surface area contributed by atoms with Crippen LogP contribution in [0.4, 0.5) is 0 Å². The summed E-state index contributed by atoms with van der Waals surface area (Å²) in [6, 6.07) is 27.1. The molecule has 0 saturated carbocycles. The van der Waals surface area contributed by atoms with Crippen molar-refractivity contribution < 1.29 is 9.53 Å². The lowest BCUT2D eigenvalue weighted by atomic mass is 10.2. The standard InChI is InChI=1S/C23H17BrN2O2S/c24-18-11-13-20(14-12-18)28-22(27)16-29-23-25-21(17-7-3-1-4-8-17)15-26(23)19-9-5-2-6-10-19/h1-15H,16H2. The van der Waals surface area contributed by atoms with Crippen molar-refractivity contribution >= 4 is 33.7 Å². The molecule has 0 spiro atoms. The molecule has 0 aliphatic heterocycles. The quantitative estimate of drug-likeness (QED) is 0.199. The van der Waals surface area contributed by atoms with E-state index in [0.29, 0.717) is 5.75 Å². The SMILES string of the molecule is O=C(CSc1nc(-c2ccccc2)cn1-c1ccccc1)Oc1ccc(Br)cc1. The van der Waals surface area contributed by atoms with Crippen LogP contribution < -0.4 is 4.74 Å². The van der Waals surface area contributed by atoms with Crippen molar-refractivity contribution in [3.63, 3.8) is 0 Å². The molecule has 4 nitrogen and oxygen atoms in total. The summed E-state index contributed by atoms with van der Waals surface area (Å²) in [5.74, 6) is 0.366. The molecule has 3 aromatic carbocycles. The molecule has 29 heavy (non-hydrogen) atoms. The van der Waals surface area contributed by atoms with Crippen LogP contribution in [0.25, 0.3) is 16.9 Å². The number of imidazole rings is 1. The normalized spacial score (nSPS) is 10.7. The summed E-state index contributed by atoms with van der Waals surface area (Å²) in [6.07, 6.45) is 1.99. The number of hydrogen-bond donors (Lipinski definition) is 0. The van der Waals surface area contributed by atoms with Crippen LogP contribution in [-0.4, -0.2) is 21.3 Å². The van der Waals surface area contributed by atoms with E-state index in [9.17, 15) is 4.79 Å². The maximum Gasteiger partial charge on any atom is 0.321 e. The Morgan fingerprint density at radius 3 is 2.28 bits per heavy atom. The van der Waals surface area contributed by atoms with Crippen molar-refractivity contribution in [2.75, 3.05) is 5.75 Å². The average Bonchev–Trinajstić information content (AvgIpc) is 3.20.